The highest BCUT2D eigenvalue weighted by molar-refractivity contribution is 5.92. The molecule has 0 saturated carbocycles. The van der Waals surface area contributed by atoms with E-state index in [9.17, 15) is 4.79 Å². The zero-order valence-electron chi connectivity index (χ0n) is 16.6. The molecule has 1 aliphatic heterocycles. The van der Waals surface area contributed by atoms with Crippen LogP contribution in [0.3, 0.4) is 0 Å². The minimum atomic E-state index is 0.0302. The van der Waals surface area contributed by atoms with Gasteiger partial charge in [0.1, 0.15) is 0 Å². The van der Waals surface area contributed by atoms with Crippen molar-refractivity contribution < 1.29 is 14.3 Å². The lowest BCUT2D eigenvalue weighted by atomic mass is 10.2. The maximum Gasteiger partial charge on any atom is 0.246 e. The van der Waals surface area contributed by atoms with E-state index in [1.807, 2.05) is 59.5 Å². The molecule has 5 nitrogen and oxygen atoms in total. The van der Waals surface area contributed by atoms with Crippen molar-refractivity contribution in [1.29, 1.82) is 0 Å². The van der Waals surface area contributed by atoms with Gasteiger partial charge in [-0.25, -0.2) is 0 Å². The van der Waals surface area contributed by atoms with Crippen molar-refractivity contribution >= 4 is 17.7 Å². The summed E-state index contributed by atoms with van der Waals surface area (Å²) in [5.41, 5.74) is 2.00. The summed E-state index contributed by atoms with van der Waals surface area (Å²) >= 11 is 0. The van der Waals surface area contributed by atoms with Gasteiger partial charge < -0.3 is 19.7 Å². The maximum absolute atomic E-state index is 12.5. The van der Waals surface area contributed by atoms with Gasteiger partial charge in [0.25, 0.3) is 0 Å². The van der Waals surface area contributed by atoms with Crippen molar-refractivity contribution in [3.05, 3.63) is 60.2 Å². The molecule has 1 amide bonds. The summed E-state index contributed by atoms with van der Waals surface area (Å²) in [4.78, 5) is 14.4. The number of amides is 1. The second-order valence-corrected chi connectivity index (χ2v) is 6.87. The third-order valence-corrected chi connectivity index (χ3v) is 4.71. The van der Waals surface area contributed by atoms with Crippen molar-refractivity contribution in [3.63, 3.8) is 0 Å². The number of hydrogen-bond acceptors (Lipinski definition) is 4. The Morgan fingerprint density at radius 1 is 1.21 bits per heavy atom. The van der Waals surface area contributed by atoms with Crippen LogP contribution in [0.25, 0.3) is 6.08 Å². The molecule has 0 radical (unpaired) electrons. The Morgan fingerprint density at radius 3 is 2.79 bits per heavy atom. The van der Waals surface area contributed by atoms with Gasteiger partial charge in [-0.1, -0.05) is 31.2 Å². The van der Waals surface area contributed by atoms with E-state index >= 15 is 0 Å². The number of hydrogen-bond donors (Lipinski definition) is 1. The molecule has 1 unspecified atom stereocenters. The maximum atomic E-state index is 12.5. The van der Waals surface area contributed by atoms with Gasteiger partial charge in [0.2, 0.25) is 5.91 Å². The highest BCUT2D eigenvalue weighted by Gasteiger charge is 2.24. The number of rotatable bonds is 8. The number of benzene rings is 2. The van der Waals surface area contributed by atoms with Crippen molar-refractivity contribution in [2.24, 2.45) is 0 Å². The van der Waals surface area contributed by atoms with Gasteiger partial charge >= 0.3 is 0 Å². The first-order valence-electron chi connectivity index (χ1n) is 9.79. The van der Waals surface area contributed by atoms with Crippen LogP contribution in [0, 0.1) is 0 Å². The Bertz CT molecular complexity index is 805. The van der Waals surface area contributed by atoms with Crippen molar-refractivity contribution in [1.82, 2.24) is 4.90 Å². The van der Waals surface area contributed by atoms with Gasteiger partial charge in [-0.05, 0) is 48.7 Å². The van der Waals surface area contributed by atoms with Crippen LogP contribution in [0.15, 0.2) is 54.6 Å². The first-order chi connectivity index (χ1) is 13.7. The second-order valence-electron chi connectivity index (χ2n) is 6.87. The number of para-hydroxylation sites is 1. The Labute approximate surface area is 167 Å². The largest absolute Gasteiger partial charge is 0.493 e. The monoisotopic (exact) mass is 380 g/mol. The molecule has 0 aromatic heterocycles. The van der Waals surface area contributed by atoms with Gasteiger partial charge in [-0.2, -0.15) is 0 Å². The molecular formula is C23H28N2O3. The number of carbonyl (C=O) groups is 1. The molecule has 2 aromatic rings. The zero-order valence-corrected chi connectivity index (χ0v) is 16.6. The molecule has 0 spiro atoms. The smallest absolute Gasteiger partial charge is 0.246 e. The van der Waals surface area contributed by atoms with Crippen LogP contribution in [-0.4, -0.2) is 43.7 Å². The predicted octanol–water partition coefficient (Wildman–Crippen LogP) is 4.21. The van der Waals surface area contributed by atoms with Gasteiger partial charge in [0.15, 0.2) is 11.5 Å². The van der Waals surface area contributed by atoms with Crippen LogP contribution in [0.5, 0.6) is 11.5 Å². The highest BCUT2D eigenvalue weighted by Crippen LogP contribution is 2.28. The number of likely N-dealkylation sites (tertiary alicyclic amines) is 1. The molecule has 0 bridgehead atoms. The van der Waals surface area contributed by atoms with E-state index in [1.54, 1.807) is 13.2 Å². The minimum absolute atomic E-state index is 0.0302. The first kappa shape index (κ1) is 19.8. The van der Waals surface area contributed by atoms with E-state index in [4.69, 9.17) is 9.47 Å². The number of nitrogens with zero attached hydrogens (tertiary/aromatic N) is 1. The average Bonchev–Trinajstić information content (AvgIpc) is 3.20. The Morgan fingerprint density at radius 2 is 2.04 bits per heavy atom. The van der Waals surface area contributed by atoms with Gasteiger partial charge in [0.05, 0.1) is 13.7 Å². The third kappa shape index (κ3) is 5.28. The minimum Gasteiger partial charge on any atom is -0.493 e. The summed E-state index contributed by atoms with van der Waals surface area (Å²) in [5.74, 6) is 1.43. The lowest BCUT2D eigenvalue weighted by Gasteiger charge is -2.16. The van der Waals surface area contributed by atoms with Crippen LogP contribution in [0.1, 0.15) is 25.3 Å². The zero-order chi connectivity index (χ0) is 19.8. The van der Waals surface area contributed by atoms with Gasteiger partial charge in [-0.15, -0.1) is 0 Å². The van der Waals surface area contributed by atoms with Crippen LogP contribution in [0.4, 0.5) is 5.69 Å². The predicted molar refractivity (Wildman–Crippen MR) is 113 cm³/mol. The molecule has 2 aromatic carbocycles. The number of methoxy groups -OCH3 is 1. The summed E-state index contributed by atoms with van der Waals surface area (Å²) in [6.07, 6.45) is 5.35. The normalized spacial score (nSPS) is 16.4. The molecule has 1 N–H and O–H groups in total. The summed E-state index contributed by atoms with van der Waals surface area (Å²) < 4.78 is 11.1. The fourth-order valence-corrected chi connectivity index (χ4v) is 3.24. The van der Waals surface area contributed by atoms with Crippen LogP contribution in [0.2, 0.25) is 0 Å². The number of anilines is 1. The van der Waals surface area contributed by atoms with Crippen molar-refractivity contribution in [3.8, 4) is 11.5 Å². The molecule has 5 heteroatoms. The molecule has 3 rings (SSSR count). The van der Waals surface area contributed by atoms with E-state index < -0.39 is 0 Å². The number of carbonyl (C=O) groups excluding carboxylic acids is 1. The van der Waals surface area contributed by atoms with Crippen LogP contribution in [-0.2, 0) is 4.79 Å². The van der Waals surface area contributed by atoms with Gasteiger partial charge in [-0.3, -0.25) is 4.79 Å². The van der Waals surface area contributed by atoms with E-state index in [-0.39, 0.29) is 11.9 Å². The van der Waals surface area contributed by atoms with Crippen LogP contribution >= 0.6 is 0 Å². The second kappa shape index (κ2) is 9.83. The quantitative estimate of drug-likeness (QED) is 0.697. The topological polar surface area (TPSA) is 50.8 Å². The van der Waals surface area contributed by atoms with E-state index in [0.29, 0.717) is 18.9 Å². The molecule has 1 fully saturated rings. The number of nitrogens with one attached hydrogen (secondary N) is 1. The molecule has 0 aliphatic carbocycles. The summed E-state index contributed by atoms with van der Waals surface area (Å²) in [7, 11) is 1.62. The Hall–Kier alpha value is -2.95. The number of ether oxygens (including phenoxy) is 2. The van der Waals surface area contributed by atoms with Crippen molar-refractivity contribution in [2.75, 3.05) is 32.1 Å². The van der Waals surface area contributed by atoms with Gasteiger partial charge in [0, 0.05) is 30.9 Å². The van der Waals surface area contributed by atoms with E-state index in [0.717, 1.165) is 36.4 Å². The average molecular weight is 380 g/mol. The Kier molecular flexibility index (Phi) is 6.95. The molecule has 148 valence electrons. The third-order valence-electron chi connectivity index (χ3n) is 4.71. The fraction of sp³-hybridized carbons (Fsp3) is 0.348. The standard InChI is InChI=1S/C23H28N2O3/c1-3-15-28-21-11-9-18(16-22(21)27-2)10-12-23(26)25-14-13-20(17-25)24-19-7-5-4-6-8-19/h4-12,16,20,24H,3,13-15,17H2,1-2H3/b12-10+. The lowest BCUT2D eigenvalue weighted by Crippen LogP contribution is -2.30. The Balaban J connectivity index is 1.56. The van der Waals surface area contributed by atoms with E-state index in [1.165, 1.54) is 0 Å². The lowest BCUT2D eigenvalue weighted by molar-refractivity contribution is -0.124. The molecule has 1 atom stereocenters. The SMILES string of the molecule is CCCOc1ccc(/C=C/C(=O)N2CCC(Nc3ccccc3)C2)cc1OC. The molecule has 1 heterocycles. The fourth-order valence-electron chi connectivity index (χ4n) is 3.24. The molecule has 28 heavy (non-hydrogen) atoms. The summed E-state index contributed by atoms with van der Waals surface area (Å²) in [5, 5.41) is 3.49. The molecule has 1 saturated heterocycles. The van der Waals surface area contributed by atoms with Crippen molar-refractivity contribution in [2.45, 2.75) is 25.8 Å². The molecular weight excluding hydrogens is 352 g/mol. The van der Waals surface area contributed by atoms with Crippen LogP contribution < -0.4 is 14.8 Å². The first-order valence-corrected chi connectivity index (χ1v) is 9.79. The summed E-state index contributed by atoms with van der Waals surface area (Å²) in [6.45, 7) is 4.19. The summed E-state index contributed by atoms with van der Waals surface area (Å²) in [6, 6.07) is 16.1. The van der Waals surface area contributed by atoms with E-state index in [2.05, 4.69) is 12.2 Å². The highest BCUT2D eigenvalue weighted by atomic mass is 16.5. The molecule has 1 aliphatic rings.